The van der Waals surface area contributed by atoms with Crippen LogP contribution in [0.1, 0.15) is 18.9 Å². The van der Waals surface area contributed by atoms with E-state index in [4.69, 9.17) is 5.73 Å². The number of amides is 2. The van der Waals surface area contributed by atoms with Gasteiger partial charge in [0.2, 0.25) is 5.91 Å². The molecule has 0 fully saturated rings. The molecule has 0 spiro atoms. The molecular formula is C19H19N5O4. The quantitative estimate of drug-likeness (QED) is 0.585. The van der Waals surface area contributed by atoms with Crippen molar-refractivity contribution in [3.8, 4) is 0 Å². The molecular weight excluding hydrogens is 362 g/mol. The molecule has 144 valence electrons. The van der Waals surface area contributed by atoms with Crippen molar-refractivity contribution in [1.82, 2.24) is 0 Å². The summed E-state index contributed by atoms with van der Waals surface area (Å²) in [6, 6.07) is 12.6. The van der Waals surface area contributed by atoms with Crippen molar-refractivity contribution in [2.45, 2.75) is 25.8 Å². The Hall–Kier alpha value is -3.75. The number of hydrogen-bond donors (Lipinski definition) is 2. The number of nitro groups is 1. The molecule has 0 radical (unpaired) electrons. The van der Waals surface area contributed by atoms with E-state index in [0.717, 1.165) is 0 Å². The third-order valence-corrected chi connectivity index (χ3v) is 4.44. The van der Waals surface area contributed by atoms with E-state index in [1.54, 1.807) is 36.4 Å². The Labute approximate surface area is 161 Å². The number of nitrogens with one attached hydrogen (secondary N) is 1. The predicted molar refractivity (Wildman–Crippen MR) is 105 cm³/mol. The first-order valence-corrected chi connectivity index (χ1v) is 8.70. The number of nitro benzene ring substituents is 1. The second-order valence-corrected chi connectivity index (χ2v) is 6.26. The summed E-state index contributed by atoms with van der Waals surface area (Å²) in [5.74, 6) is -1.14. The molecule has 0 bridgehead atoms. The predicted octanol–water partition coefficient (Wildman–Crippen LogP) is 2.22. The van der Waals surface area contributed by atoms with E-state index < -0.39 is 22.8 Å². The topological polar surface area (TPSA) is 131 Å². The highest BCUT2D eigenvalue weighted by molar-refractivity contribution is 6.44. The molecule has 1 heterocycles. The first kappa shape index (κ1) is 19.0. The van der Waals surface area contributed by atoms with Gasteiger partial charge in [0.05, 0.1) is 10.6 Å². The lowest BCUT2D eigenvalue weighted by Gasteiger charge is -2.20. The number of hydrazone groups is 1. The van der Waals surface area contributed by atoms with Crippen LogP contribution in [0.25, 0.3) is 0 Å². The van der Waals surface area contributed by atoms with E-state index in [0.29, 0.717) is 17.7 Å². The molecule has 9 heteroatoms. The number of nitrogens with zero attached hydrogens (tertiary/aromatic N) is 3. The van der Waals surface area contributed by atoms with Gasteiger partial charge in [-0.3, -0.25) is 24.7 Å². The molecule has 0 aromatic heterocycles. The van der Waals surface area contributed by atoms with Gasteiger partial charge in [0.25, 0.3) is 11.6 Å². The Balaban J connectivity index is 1.84. The number of hydrogen-bond acceptors (Lipinski definition) is 6. The molecule has 1 aliphatic rings. The lowest BCUT2D eigenvalue weighted by molar-refractivity contribution is -0.385. The Kier molecular flexibility index (Phi) is 5.35. The fourth-order valence-electron chi connectivity index (χ4n) is 3.00. The van der Waals surface area contributed by atoms with Crippen molar-refractivity contribution in [3.63, 3.8) is 0 Å². The lowest BCUT2D eigenvalue weighted by Crippen LogP contribution is -2.39. The third kappa shape index (κ3) is 3.83. The van der Waals surface area contributed by atoms with Gasteiger partial charge in [-0.1, -0.05) is 31.2 Å². The van der Waals surface area contributed by atoms with Crippen molar-refractivity contribution >= 4 is 34.6 Å². The minimum atomic E-state index is -0.778. The van der Waals surface area contributed by atoms with Crippen molar-refractivity contribution in [2.75, 3.05) is 10.3 Å². The second kappa shape index (κ2) is 7.87. The van der Waals surface area contributed by atoms with Gasteiger partial charge < -0.3 is 11.1 Å². The van der Waals surface area contributed by atoms with Gasteiger partial charge in [-0.15, -0.1) is 0 Å². The number of carbonyl (C=O) groups is 2. The summed E-state index contributed by atoms with van der Waals surface area (Å²) in [4.78, 5) is 35.1. The summed E-state index contributed by atoms with van der Waals surface area (Å²) < 4.78 is 0. The van der Waals surface area contributed by atoms with Gasteiger partial charge in [0.15, 0.2) is 0 Å². The molecule has 28 heavy (non-hydrogen) atoms. The van der Waals surface area contributed by atoms with Crippen molar-refractivity contribution < 1.29 is 14.5 Å². The smallest absolute Gasteiger partial charge is 0.274 e. The second-order valence-electron chi connectivity index (χ2n) is 6.26. The summed E-state index contributed by atoms with van der Waals surface area (Å²) >= 11 is 0. The van der Waals surface area contributed by atoms with Crippen molar-refractivity contribution in [2.24, 2.45) is 10.8 Å². The molecule has 2 amide bonds. The molecule has 0 aliphatic carbocycles. The Morgan fingerprint density at radius 1 is 1.29 bits per heavy atom. The number of benzene rings is 2. The SMILES string of the molecule is CCc1ccc(NC(=O)C2=NN(c3ccccc3)C(C(N)=O)C2)cc1[N+](=O)[O-]. The van der Waals surface area contributed by atoms with Gasteiger partial charge in [-0.25, -0.2) is 0 Å². The molecule has 9 nitrogen and oxygen atoms in total. The van der Waals surface area contributed by atoms with Crippen LogP contribution in [0, 0.1) is 10.1 Å². The zero-order valence-corrected chi connectivity index (χ0v) is 15.2. The largest absolute Gasteiger partial charge is 0.368 e. The van der Waals surface area contributed by atoms with Crippen LogP contribution in [0.2, 0.25) is 0 Å². The van der Waals surface area contributed by atoms with Crippen LogP contribution in [-0.4, -0.2) is 28.5 Å². The highest BCUT2D eigenvalue weighted by Crippen LogP contribution is 2.26. The number of anilines is 2. The maximum atomic E-state index is 12.6. The van der Waals surface area contributed by atoms with Gasteiger partial charge in [0.1, 0.15) is 11.8 Å². The third-order valence-electron chi connectivity index (χ3n) is 4.44. The van der Waals surface area contributed by atoms with Crippen LogP contribution in [-0.2, 0) is 16.0 Å². The Bertz CT molecular complexity index is 958. The first-order valence-electron chi connectivity index (χ1n) is 8.70. The summed E-state index contributed by atoms with van der Waals surface area (Å²) in [7, 11) is 0. The summed E-state index contributed by atoms with van der Waals surface area (Å²) in [6.07, 6.45) is 0.550. The molecule has 0 saturated heterocycles. The number of para-hydroxylation sites is 1. The lowest BCUT2D eigenvalue weighted by atomic mass is 10.1. The van der Waals surface area contributed by atoms with Gasteiger partial charge in [0, 0.05) is 23.7 Å². The Morgan fingerprint density at radius 2 is 2.00 bits per heavy atom. The fourth-order valence-corrected chi connectivity index (χ4v) is 3.00. The molecule has 3 rings (SSSR count). The number of carbonyl (C=O) groups excluding carboxylic acids is 2. The number of primary amides is 1. The first-order chi connectivity index (χ1) is 13.4. The van der Waals surface area contributed by atoms with Gasteiger partial charge >= 0.3 is 0 Å². The fraction of sp³-hybridized carbons (Fsp3) is 0.211. The number of nitrogens with two attached hydrogens (primary N) is 1. The molecule has 1 atom stereocenters. The average Bonchev–Trinajstić information content (AvgIpc) is 3.14. The van der Waals surface area contributed by atoms with Gasteiger partial charge in [-0.2, -0.15) is 5.10 Å². The molecule has 2 aromatic carbocycles. The van der Waals surface area contributed by atoms with Crippen LogP contribution < -0.4 is 16.1 Å². The van der Waals surface area contributed by atoms with Gasteiger partial charge in [-0.05, 0) is 24.6 Å². The van der Waals surface area contributed by atoms with E-state index in [1.807, 2.05) is 13.0 Å². The highest BCUT2D eigenvalue weighted by atomic mass is 16.6. The minimum Gasteiger partial charge on any atom is -0.368 e. The number of rotatable bonds is 6. The van der Waals surface area contributed by atoms with E-state index in [9.17, 15) is 19.7 Å². The van der Waals surface area contributed by atoms with Crippen LogP contribution >= 0.6 is 0 Å². The molecule has 1 aliphatic heterocycles. The standard InChI is InChI=1S/C19H19N5O4/c1-2-12-8-9-13(10-16(12)24(27)28)21-19(26)15-11-17(18(20)25)23(22-15)14-6-4-3-5-7-14/h3-10,17H,2,11H2,1H3,(H2,20,25)(H,21,26). The zero-order valence-electron chi connectivity index (χ0n) is 15.2. The van der Waals surface area contributed by atoms with E-state index in [2.05, 4.69) is 10.4 Å². The highest BCUT2D eigenvalue weighted by Gasteiger charge is 2.35. The number of aryl methyl sites for hydroxylation is 1. The normalized spacial score (nSPS) is 15.8. The van der Waals surface area contributed by atoms with E-state index in [-0.39, 0.29) is 23.5 Å². The van der Waals surface area contributed by atoms with Crippen molar-refractivity contribution in [3.05, 3.63) is 64.2 Å². The minimum absolute atomic E-state index is 0.0468. The molecule has 3 N–H and O–H groups in total. The maximum Gasteiger partial charge on any atom is 0.274 e. The molecule has 2 aromatic rings. The average molecular weight is 381 g/mol. The van der Waals surface area contributed by atoms with Crippen LogP contribution in [0.3, 0.4) is 0 Å². The summed E-state index contributed by atoms with van der Waals surface area (Å²) in [5, 5.41) is 19.5. The molecule has 1 unspecified atom stereocenters. The zero-order chi connectivity index (χ0) is 20.3. The molecule has 0 saturated carbocycles. The van der Waals surface area contributed by atoms with Crippen LogP contribution in [0.15, 0.2) is 53.6 Å². The summed E-state index contributed by atoms with van der Waals surface area (Å²) in [5.41, 5.74) is 7.02. The van der Waals surface area contributed by atoms with E-state index >= 15 is 0 Å². The monoisotopic (exact) mass is 381 g/mol. The van der Waals surface area contributed by atoms with Crippen LogP contribution in [0.5, 0.6) is 0 Å². The van der Waals surface area contributed by atoms with Crippen LogP contribution in [0.4, 0.5) is 17.1 Å². The van der Waals surface area contributed by atoms with E-state index in [1.165, 1.54) is 11.1 Å². The maximum absolute atomic E-state index is 12.6. The Morgan fingerprint density at radius 3 is 2.61 bits per heavy atom. The van der Waals surface area contributed by atoms with Crippen molar-refractivity contribution in [1.29, 1.82) is 0 Å². The summed E-state index contributed by atoms with van der Waals surface area (Å²) in [6.45, 7) is 1.82.